The fourth-order valence-electron chi connectivity index (χ4n) is 3.20. The molecule has 2 rings (SSSR count). The number of esters is 1. The number of ether oxygens (including phenoxy) is 3. The predicted molar refractivity (Wildman–Crippen MR) is 81.2 cm³/mol. The van der Waals surface area contributed by atoms with Crippen LogP contribution in [0.3, 0.4) is 0 Å². The van der Waals surface area contributed by atoms with Crippen molar-refractivity contribution in [3.05, 3.63) is 0 Å². The summed E-state index contributed by atoms with van der Waals surface area (Å²) in [6.07, 6.45) is 10.7. The van der Waals surface area contributed by atoms with Crippen LogP contribution in [0.2, 0.25) is 0 Å². The van der Waals surface area contributed by atoms with Crippen LogP contribution in [-0.4, -0.2) is 37.5 Å². The fourth-order valence-corrected chi connectivity index (χ4v) is 3.20. The first kappa shape index (κ1) is 16.8. The maximum absolute atomic E-state index is 11.8. The molecule has 2 saturated heterocycles. The summed E-state index contributed by atoms with van der Waals surface area (Å²) >= 11 is 0. The molecule has 4 nitrogen and oxygen atoms in total. The molecule has 0 aromatic carbocycles. The molecule has 2 heterocycles. The molecule has 0 aromatic rings. The summed E-state index contributed by atoms with van der Waals surface area (Å²) in [6, 6.07) is 0. The maximum atomic E-state index is 11.8. The topological polar surface area (TPSA) is 44.8 Å². The van der Waals surface area contributed by atoms with E-state index in [0.29, 0.717) is 18.6 Å². The summed E-state index contributed by atoms with van der Waals surface area (Å²) in [5, 5.41) is 0. The first-order chi connectivity index (χ1) is 10.3. The second kappa shape index (κ2) is 9.42. The van der Waals surface area contributed by atoms with Gasteiger partial charge in [0.05, 0.1) is 12.2 Å². The van der Waals surface area contributed by atoms with Gasteiger partial charge in [0, 0.05) is 19.6 Å². The number of carbonyl (C=O) groups excluding carboxylic acids is 1. The lowest BCUT2D eigenvalue weighted by Gasteiger charge is -2.21. The Labute approximate surface area is 128 Å². The van der Waals surface area contributed by atoms with E-state index in [2.05, 4.69) is 0 Å². The van der Waals surface area contributed by atoms with E-state index in [1.54, 1.807) is 0 Å². The summed E-state index contributed by atoms with van der Waals surface area (Å²) in [5.74, 6) is -0.0535. The normalized spacial score (nSPS) is 25.6. The zero-order valence-corrected chi connectivity index (χ0v) is 13.4. The first-order valence-electron chi connectivity index (χ1n) is 8.70. The van der Waals surface area contributed by atoms with Gasteiger partial charge < -0.3 is 14.2 Å². The van der Waals surface area contributed by atoms with E-state index in [1.807, 2.05) is 6.92 Å². The van der Waals surface area contributed by atoms with Crippen LogP contribution in [0, 0.1) is 0 Å². The van der Waals surface area contributed by atoms with E-state index < -0.39 is 0 Å². The third-order valence-corrected chi connectivity index (χ3v) is 4.42. The molecule has 0 unspecified atom stereocenters. The van der Waals surface area contributed by atoms with Crippen LogP contribution in [0.4, 0.5) is 0 Å². The van der Waals surface area contributed by atoms with Crippen LogP contribution >= 0.6 is 0 Å². The summed E-state index contributed by atoms with van der Waals surface area (Å²) in [7, 11) is 0. The molecule has 2 aliphatic rings. The summed E-state index contributed by atoms with van der Waals surface area (Å²) in [5.41, 5.74) is 0. The number of rotatable bonds is 9. The van der Waals surface area contributed by atoms with Crippen LogP contribution in [0.25, 0.3) is 0 Å². The zero-order valence-electron chi connectivity index (χ0n) is 13.4. The molecule has 2 aliphatic heterocycles. The minimum atomic E-state index is -0.0535. The highest BCUT2D eigenvalue weighted by atomic mass is 16.5. The predicted octanol–water partition coefficient (Wildman–Crippen LogP) is 3.62. The Hall–Kier alpha value is -0.610. The van der Waals surface area contributed by atoms with E-state index >= 15 is 0 Å². The van der Waals surface area contributed by atoms with Crippen molar-refractivity contribution in [3.63, 3.8) is 0 Å². The molecule has 122 valence electrons. The van der Waals surface area contributed by atoms with Crippen molar-refractivity contribution in [1.29, 1.82) is 0 Å². The molecule has 0 amide bonds. The lowest BCUT2D eigenvalue weighted by Crippen LogP contribution is -2.22. The monoisotopic (exact) mass is 298 g/mol. The van der Waals surface area contributed by atoms with E-state index in [4.69, 9.17) is 14.2 Å². The van der Waals surface area contributed by atoms with Gasteiger partial charge in [0.25, 0.3) is 0 Å². The van der Waals surface area contributed by atoms with Crippen LogP contribution in [0.5, 0.6) is 0 Å². The van der Waals surface area contributed by atoms with Crippen molar-refractivity contribution in [2.45, 2.75) is 89.4 Å². The van der Waals surface area contributed by atoms with E-state index in [1.165, 1.54) is 12.8 Å². The van der Waals surface area contributed by atoms with Gasteiger partial charge in [0.15, 0.2) is 0 Å². The van der Waals surface area contributed by atoms with Gasteiger partial charge in [-0.1, -0.05) is 6.92 Å². The Morgan fingerprint density at radius 3 is 2.10 bits per heavy atom. The summed E-state index contributed by atoms with van der Waals surface area (Å²) < 4.78 is 17.0. The van der Waals surface area contributed by atoms with Crippen molar-refractivity contribution < 1.29 is 19.0 Å². The molecule has 21 heavy (non-hydrogen) atoms. The third-order valence-electron chi connectivity index (χ3n) is 4.42. The Morgan fingerprint density at radius 1 is 1.10 bits per heavy atom. The lowest BCUT2D eigenvalue weighted by atomic mass is 10.0. The van der Waals surface area contributed by atoms with Gasteiger partial charge in [-0.3, -0.25) is 4.79 Å². The Bertz CT molecular complexity index is 273. The molecule has 2 fully saturated rings. The highest BCUT2D eigenvalue weighted by Crippen LogP contribution is 2.23. The van der Waals surface area contributed by atoms with Gasteiger partial charge in [0.1, 0.15) is 6.10 Å². The van der Waals surface area contributed by atoms with Gasteiger partial charge in [-0.2, -0.15) is 0 Å². The number of hydrogen-bond acceptors (Lipinski definition) is 4. The van der Waals surface area contributed by atoms with Crippen LogP contribution in [0.15, 0.2) is 0 Å². The largest absolute Gasteiger partial charge is 0.462 e. The molecule has 0 spiro atoms. The molecule has 0 bridgehead atoms. The minimum Gasteiger partial charge on any atom is -0.462 e. The van der Waals surface area contributed by atoms with Crippen LogP contribution in [-0.2, 0) is 19.0 Å². The number of carbonyl (C=O) groups is 1. The van der Waals surface area contributed by atoms with E-state index in [0.717, 1.165) is 58.2 Å². The van der Waals surface area contributed by atoms with Crippen molar-refractivity contribution in [3.8, 4) is 0 Å². The van der Waals surface area contributed by atoms with Gasteiger partial charge in [0.2, 0.25) is 0 Å². The van der Waals surface area contributed by atoms with Crippen molar-refractivity contribution in [1.82, 2.24) is 0 Å². The molecule has 0 radical (unpaired) electrons. The molecule has 0 saturated carbocycles. The van der Waals surface area contributed by atoms with Crippen molar-refractivity contribution in [2.75, 3.05) is 13.2 Å². The van der Waals surface area contributed by atoms with Gasteiger partial charge in [-0.15, -0.1) is 0 Å². The fraction of sp³-hybridized carbons (Fsp3) is 0.941. The Kier molecular flexibility index (Phi) is 7.51. The molecule has 0 N–H and O–H groups in total. The number of hydrogen-bond donors (Lipinski definition) is 0. The zero-order chi connectivity index (χ0) is 14.9. The van der Waals surface area contributed by atoms with Crippen molar-refractivity contribution in [2.24, 2.45) is 0 Å². The summed E-state index contributed by atoms with van der Waals surface area (Å²) in [4.78, 5) is 11.8. The SMILES string of the molecule is CCCC(=O)OC(CC[C@@H]1CCCO1)CC[C@@H]1CCCO1. The standard InChI is InChI=1S/C17H30O4/c1-2-5-17(18)21-16(10-8-14-6-3-12-19-14)11-9-15-7-4-13-20-15/h14-16H,2-13H2,1H3/t14-,15-/m0/s1. The molecule has 2 atom stereocenters. The van der Waals surface area contributed by atoms with Crippen LogP contribution < -0.4 is 0 Å². The lowest BCUT2D eigenvalue weighted by molar-refractivity contribution is -0.150. The highest BCUT2D eigenvalue weighted by Gasteiger charge is 2.22. The van der Waals surface area contributed by atoms with Gasteiger partial charge in [-0.25, -0.2) is 0 Å². The molecule has 0 aromatic heterocycles. The first-order valence-corrected chi connectivity index (χ1v) is 8.70. The third kappa shape index (κ3) is 6.35. The van der Waals surface area contributed by atoms with E-state index in [9.17, 15) is 4.79 Å². The highest BCUT2D eigenvalue weighted by molar-refractivity contribution is 5.69. The average molecular weight is 298 g/mol. The maximum Gasteiger partial charge on any atom is 0.306 e. The second-order valence-corrected chi connectivity index (χ2v) is 6.29. The van der Waals surface area contributed by atoms with Gasteiger partial charge >= 0.3 is 5.97 Å². The molecular formula is C17H30O4. The molecule has 4 heteroatoms. The summed E-state index contributed by atoms with van der Waals surface area (Å²) in [6.45, 7) is 3.79. The Balaban J connectivity index is 1.72. The van der Waals surface area contributed by atoms with E-state index in [-0.39, 0.29) is 12.1 Å². The van der Waals surface area contributed by atoms with Crippen molar-refractivity contribution >= 4 is 5.97 Å². The van der Waals surface area contributed by atoms with Crippen LogP contribution in [0.1, 0.15) is 71.1 Å². The molecular weight excluding hydrogens is 268 g/mol. The second-order valence-electron chi connectivity index (χ2n) is 6.29. The average Bonchev–Trinajstić information content (AvgIpc) is 3.15. The minimum absolute atomic E-state index is 0.0393. The smallest absolute Gasteiger partial charge is 0.306 e. The molecule has 0 aliphatic carbocycles. The van der Waals surface area contributed by atoms with Gasteiger partial charge in [-0.05, 0) is 57.8 Å². The quantitative estimate of drug-likeness (QED) is 0.610. The Morgan fingerprint density at radius 2 is 1.67 bits per heavy atom.